The largest absolute Gasteiger partial charge is 0.339 e. The zero-order valence-corrected chi connectivity index (χ0v) is 16.8. The number of amides is 1. The summed E-state index contributed by atoms with van der Waals surface area (Å²) >= 11 is 1.57. The Morgan fingerprint density at radius 2 is 1.52 bits per heavy atom. The van der Waals surface area contributed by atoms with Crippen molar-refractivity contribution in [1.29, 1.82) is 0 Å². The van der Waals surface area contributed by atoms with Gasteiger partial charge in [-0.15, -0.1) is 0 Å². The maximum absolute atomic E-state index is 12.8. The van der Waals surface area contributed by atoms with Crippen molar-refractivity contribution in [2.45, 2.75) is 22.8 Å². The molecule has 4 nitrogen and oxygen atoms in total. The summed E-state index contributed by atoms with van der Waals surface area (Å²) < 4.78 is 0. The standard InChI is InChI=1S/C24H22N2O2S/c27-23(18-6-2-1-3-7-18)19-13-16-26(17-14-19)24(28)20-9-11-21(12-10-20)29-22-8-4-5-15-25-22/h1-12,15,19H,13-14,16-17H2. The lowest BCUT2D eigenvalue weighted by Gasteiger charge is -2.31. The summed E-state index contributed by atoms with van der Waals surface area (Å²) in [6.07, 6.45) is 3.20. The van der Waals surface area contributed by atoms with Gasteiger partial charge in [-0.2, -0.15) is 0 Å². The van der Waals surface area contributed by atoms with E-state index in [0.717, 1.165) is 15.5 Å². The monoisotopic (exact) mass is 402 g/mol. The van der Waals surface area contributed by atoms with Crippen LogP contribution >= 0.6 is 11.8 Å². The highest BCUT2D eigenvalue weighted by Gasteiger charge is 2.28. The topological polar surface area (TPSA) is 50.3 Å². The lowest BCUT2D eigenvalue weighted by Crippen LogP contribution is -2.40. The number of nitrogens with zero attached hydrogens (tertiary/aromatic N) is 2. The number of carbonyl (C=O) groups excluding carboxylic acids is 2. The van der Waals surface area contributed by atoms with Gasteiger partial charge < -0.3 is 4.90 Å². The predicted octanol–water partition coefficient (Wildman–Crippen LogP) is 4.97. The van der Waals surface area contributed by atoms with Gasteiger partial charge in [-0.05, 0) is 49.2 Å². The van der Waals surface area contributed by atoms with Gasteiger partial charge in [-0.25, -0.2) is 4.98 Å². The van der Waals surface area contributed by atoms with Crippen LogP contribution < -0.4 is 0 Å². The van der Waals surface area contributed by atoms with Gasteiger partial charge in [0.15, 0.2) is 5.78 Å². The number of ketones is 1. The van der Waals surface area contributed by atoms with Crippen molar-refractivity contribution in [2.24, 2.45) is 5.92 Å². The highest BCUT2D eigenvalue weighted by molar-refractivity contribution is 7.99. The first kappa shape index (κ1) is 19.4. The molecule has 2 aromatic carbocycles. The summed E-state index contributed by atoms with van der Waals surface area (Å²) in [6.45, 7) is 1.24. The smallest absolute Gasteiger partial charge is 0.253 e. The number of aromatic nitrogens is 1. The van der Waals surface area contributed by atoms with Gasteiger partial charge in [0.2, 0.25) is 0 Å². The van der Waals surface area contributed by atoms with Crippen LogP contribution in [-0.4, -0.2) is 34.7 Å². The van der Waals surface area contributed by atoms with Gasteiger partial charge in [0, 0.05) is 41.2 Å². The average Bonchev–Trinajstić information content (AvgIpc) is 2.80. The molecule has 1 amide bonds. The van der Waals surface area contributed by atoms with Crippen LogP contribution in [0.25, 0.3) is 0 Å². The molecule has 5 heteroatoms. The molecule has 0 bridgehead atoms. The fourth-order valence-electron chi connectivity index (χ4n) is 3.56. The first-order chi connectivity index (χ1) is 14.2. The maximum atomic E-state index is 12.8. The Morgan fingerprint density at radius 3 is 2.17 bits per heavy atom. The molecule has 29 heavy (non-hydrogen) atoms. The van der Waals surface area contributed by atoms with E-state index in [1.54, 1.807) is 18.0 Å². The van der Waals surface area contributed by atoms with Crippen LogP contribution in [0.15, 0.2) is 88.9 Å². The molecule has 0 N–H and O–H groups in total. The molecule has 1 fully saturated rings. The molecule has 0 radical (unpaired) electrons. The van der Waals surface area contributed by atoms with E-state index in [2.05, 4.69) is 4.98 Å². The third-order valence-electron chi connectivity index (χ3n) is 5.17. The minimum Gasteiger partial charge on any atom is -0.339 e. The minimum atomic E-state index is -0.00130. The second-order valence-electron chi connectivity index (χ2n) is 7.09. The fraction of sp³-hybridized carbons (Fsp3) is 0.208. The van der Waals surface area contributed by atoms with E-state index in [1.807, 2.05) is 77.7 Å². The number of carbonyl (C=O) groups is 2. The van der Waals surface area contributed by atoms with Crippen LogP contribution in [0.3, 0.4) is 0 Å². The summed E-state index contributed by atoms with van der Waals surface area (Å²) in [5.41, 5.74) is 1.45. The quantitative estimate of drug-likeness (QED) is 0.566. The van der Waals surface area contributed by atoms with E-state index in [9.17, 15) is 9.59 Å². The van der Waals surface area contributed by atoms with E-state index in [0.29, 0.717) is 31.5 Å². The van der Waals surface area contributed by atoms with Crippen molar-refractivity contribution in [1.82, 2.24) is 9.88 Å². The molecule has 1 saturated heterocycles. The number of likely N-dealkylation sites (tertiary alicyclic amines) is 1. The molecule has 0 spiro atoms. The lowest BCUT2D eigenvalue weighted by atomic mass is 9.88. The van der Waals surface area contributed by atoms with Gasteiger partial charge in [0.1, 0.15) is 5.03 Å². The van der Waals surface area contributed by atoms with Crippen LogP contribution in [0.1, 0.15) is 33.6 Å². The third kappa shape index (κ3) is 4.74. The van der Waals surface area contributed by atoms with Gasteiger partial charge in [-0.1, -0.05) is 48.2 Å². The van der Waals surface area contributed by atoms with Crippen LogP contribution in [0, 0.1) is 5.92 Å². The van der Waals surface area contributed by atoms with Gasteiger partial charge in [0.05, 0.1) is 0 Å². The fourth-order valence-corrected chi connectivity index (χ4v) is 4.33. The molecule has 0 unspecified atom stereocenters. The van der Waals surface area contributed by atoms with Crippen LogP contribution in [-0.2, 0) is 0 Å². The summed E-state index contributed by atoms with van der Waals surface area (Å²) in [5, 5.41) is 0.928. The highest BCUT2D eigenvalue weighted by atomic mass is 32.2. The lowest BCUT2D eigenvalue weighted by molar-refractivity contribution is 0.0650. The second-order valence-corrected chi connectivity index (χ2v) is 8.18. The van der Waals surface area contributed by atoms with E-state index < -0.39 is 0 Å². The van der Waals surface area contributed by atoms with Crippen LogP contribution in [0.4, 0.5) is 0 Å². The third-order valence-corrected chi connectivity index (χ3v) is 6.13. The first-order valence-corrected chi connectivity index (χ1v) is 10.6. The van der Waals surface area contributed by atoms with Gasteiger partial charge in [0.25, 0.3) is 5.91 Å². The summed E-state index contributed by atoms with van der Waals surface area (Å²) in [6, 6.07) is 22.9. The van der Waals surface area contributed by atoms with Crippen molar-refractivity contribution < 1.29 is 9.59 Å². The highest BCUT2D eigenvalue weighted by Crippen LogP contribution is 2.27. The number of benzene rings is 2. The van der Waals surface area contributed by atoms with Crippen LogP contribution in [0.5, 0.6) is 0 Å². The average molecular weight is 403 g/mol. The Hall–Kier alpha value is -2.92. The molecule has 2 heterocycles. The Morgan fingerprint density at radius 1 is 0.828 bits per heavy atom. The zero-order valence-electron chi connectivity index (χ0n) is 16.0. The molecule has 1 aromatic heterocycles. The first-order valence-electron chi connectivity index (χ1n) is 9.78. The number of piperidine rings is 1. The van der Waals surface area contributed by atoms with Gasteiger partial charge in [-0.3, -0.25) is 9.59 Å². The van der Waals surface area contributed by atoms with Crippen molar-refractivity contribution in [3.05, 3.63) is 90.1 Å². The number of Topliss-reactive ketones (excluding diaryl/α,β-unsaturated/α-hetero) is 1. The van der Waals surface area contributed by atoms with Crippen molar-refractivity contribution in [3.8, 4) is 0 Å². The second kappa shape index (κ2) is 9.05. The van der Waals surface area contributed by atoms with Crippen molar-refractivity contribution >= 4 is 23.5 Å². The molecule has 4 rings (SSSR count). The Balaban J connectivity index is 1.34. The predicted molar refractivity (Wildman–Crippen MR) is 114 cm³/mol. The minimum absolute atomic E-state index is 0.00130. The van der Waals surface area contributed by atoms with Gasteiger partial charge >= 0.3 is 0 Å². The van der Waals surface area contributed by atoms with Crippen molar-refractivity contribution in [3.63, 3.8) is 0 Å². The molecule has 1 aliphatic rings. The van der Waals surface area contributed by atoms with E-state index in [-0.39, 0.29) is 17.6 Å². The zero-order chi connectivity index (χ0) is 20.1. The number of rotatable bonds is 5. The van der Waals surface area contributed by atoms with E-state index in [4.69, 9.17) is 0 Å². The van der Waals surface area contributed by atoms with Crippen molar-refractivity contribution in [2.75, 3.05) is 13.1 Å². The molecule has 3 aromatic rings. The molecular formula is C24H22N2O2S. The summed E-state index contributed by atoms with van der Waals surface area (Å²) in [5.74, 6) is 0.220. The van der Waals surface area contributed by atoms with E-state index >= 15 is 0 Å². The molecular weight excluding hydrogens is 380 g/mol. The molecule has 0 atom stereocenters. The van der Waals surface area contributed by atoms with Crippen LogP contribution in [0.2, 0.25) is 0 Å². The SMILES string of the molecule is O=C(c1ccccc1)C1CCN(C(=O)c2ccc(Sc3ccccn3)cc2)CC1. The van der Waals surface area contributed by atoms with E-state index in [1.165, 1.54) is 0 Å². The molecule has 146 valence electrons. The number of hydrogen-bond acceptors (Lipinski definition) is 4. The summed E-state index contributed by atoms with van der Waals surface area (Å²) in [7, 11) is 0. The molecule has 0 saturated carbocycles. The Kier molecular flexibility index (Phi) is 6.06. The number of hydrogen-bond donors (Lipinski definition) is 0. The molecule has 0 aliphatic carbocycles. The molecule has 1 aliphatic heterocycles. The Bertz CT molecular complexity index is 967. The number of pyridine rings is 1. The normalized spacial score (nSPS) is 14.6. The Labute approximate surface area is 175 Å². The summed E-state index contributed by atoms with van der Waals surface area (Å²) in [4.78, 5) is 32.7. The maximum Gasteiger partial charge on any atom is 0.253 e.